The van der Waals surface area contributed by atoms with Gasteiger partial charge in [-0.05, 0) is 48.7 Å². The standard InChI is InChI=1S/C20H21NO5/c1-12-6-4-7-13(2)17(12)11-18(20(24)25)21-19(23)15-8-5-9-16(10-15)26-14(3)22/h4-10,18H,11H2,1-3H3,(H,21,23)(H,24,25)/t18-/m1/s1. The molecule has 0 bridgehead atoms. The van der Waals surface area contributed by atoms with Crippen LogP contribution in [0.4, 0.5) is 0 Å². The summed E-state index contributed by atoms with van der Waals surface area (Å²) in [6, 6.07) is 10.7. The van der Waals surface area contributed by atoms with Crippen molar-refractivity contribution in [3.63, 3.8) is 0 Å². The van der Waals surface area contributed by atoms with Gasteiger partial charge in [0, 0.05) is 18.9 Å². The zero-order valence-electron chi connectivity index (χ0n) is 14.9. The van der Waals surface area contributed by atoms with Gasteiger partial charge in [-0.1, -0.05) is 24.3 Å². The number of ether oxygens (including phenoxy) is 1. The molecule has 0 unspecified atom stereocenters. The lowest BCUT2D eigenvalue weighted by Gasteiger charge is -2.17. The van der Waals surface area contributed by atoms with E-state index in [1.54, 1.807) is 12.1 Å². The lowest BCUT2D eigenvalue weighted by Crippen LogP contribution is -2.42. The molecule has 26 heavy (non-hydrogen) atoms. The van der Waals surface area contributed by atoms with Gasteiger partial charge in [0.15, 0.2) is 0 Å². The minimum Gasteiger partial charge on any atom is -0.480 e. The Morgan fingerprint density at radius 2 is 1.69 bits per heavy atom. The molecule has 6 heteroatoms. The Kier molecular flexibility index (Phi) is 6.11. The van der Waals surface area contributed by atoms with E-state index in [4.69, 9.17) is 4.74 Å². The van der Waals surface area contributed by atoms with E-state index in [1.165, 1.54) is 19.1 Å². The summed E-state index contributed by atoms with van der Waals surface area (Å²) in [5, 5.41) is 12.0. The van der Waals surface area contributed by atoms with Crippen LogP contribution in [0.5, 0.6) is 5.75 Å². The highest BCUT2D eigenvalue weighted by Gasteiger charge is 2.23. The average molecular weight is 355 g/mol. The molecule has 2 rings (SSSR count). The van der Waals surface area contributed by atoms with Crippen LogP contribution in [0.1, 0.15) is 34.0 Å². The summed E-state index contributed by atoms with van der Waals surface area (Å²) in [5.41, 5.74) is 3.06. The van der Waals surface area contributed by atoms with Crippen molar-refractivity contribution >= 4 is 17.8 Å². The zero-order chi connectivity index (χ0) is 19.3. The van der Waals surface area contributed by atoms with Crippen molar-refractivity contribution in [3.8, 4) is 5.75 Å². The Hall–Kier alpha value is -3.15. The van der Waals surface area contributed by atoms with Crippen LogP contribution in [-0.2, 0) is 16.0 Å². The third-order valence-electron chi connectivity index (χ3n) is 4.01. The minimum absolute atomic E-state index is 0.184. The molecule has 136 valence electrons. The van der Waals surface area contributed by atoms with Crippen LogP contribution in [0.15, 0.2) is 42.5 Å². The Morgan fingerprint density at radius 1 is 1.08 bits per heavy atom. The van der Waals surface area contributed by atoms with Gasteiger partial charge in [-0.3, -0.25) is 9.59 Å². The minimum atomic E-state index is -1.11. The van der Waals surface area contributed by atoms with E-state index >= 15 is 0 Å². The van der Waals surface area contributed by atoms with E-state index < -0.39 is 23.9 Å². The van der Waals surface area contributed by atoms with Crippen LogP contribution in [-0.4, -0.2) is 29.0 Å². The quantitative estimate of drug-likeness (QED) is 0.614. The van der Waals surface area contributed by atoms with Gasteiger partial charge in [0.05, 0.1) is 0 Å². The van der Waals surface area contributed by atoms with Gasteiger partial charge in [0.2, 0.25) is 0 Å². The second-order valence-electron chi connectivity index (χ2n) is 6.06. The van der Waals surface area contributed by atoms with Crippen LogP contribution in [0.25, 0.3) is 0 Å². The van der Waals surface area contributed by atoms with Crippen LogP contribution < -0.4 is 10.1 Å². The van der Waals surface area contributed by atoms with Crippen molar-refractivity contribution in [1.82, 2.24) is 5.32 Å². The van der Waals surface area contributed by atoms with Crippen molar-refractivity contribution in [1.29, 1.82) is 0 Å². The van der Waals surface area contributed by atoms with Crippen LogP contribution >= 0.6 is 0 Å². The summed E-state index contributed by atoms with van der Waals surface area (Å²) in [7, 11) is 0. The Bertz CT molecular complexity index is 824. The molecule has 0 radical (unpaired) electrons. The monoisotopic (exact) mass is 355 g/mol. The topological polar surface area (TPSA) is 92.7 Å². The molecule has 6 nitrogen and oxygen atoms in total. The molecule has 2 aromatic carbocycles. The molecule has 0 heterocycles. The summed E-state index contributed by atoms with van der Waals surface area (Å²) in [5.74, 6) is -1.93. The molecule has 2 aromatic rings. The number of hydrogen-bond donors (Lipinski definition) is 2. The number of benzene rings is 2. The first-order chi connectivity index (χ1) is 12.3. The fraction of sp³-hybridized carbons (Fsp3) is 0.250. The second-order valence-corrected chi connectivity index (χ2v) is 6.06. The Morgan fingerprint density at radius 3 is 2.27 bits per heavy atom. The molecule has 0 saturated heterocycles. The summed E-state index contributed by atoms with van der Waals surface area (Å²) in [6.45, 7) is 5.08. The molecular weight excluding hydrogens is 334 g/mol. The van der Waals surface area contributed by atoms with Crippen molar-refractivity contribution in [2.24, 2.45) is 0 Å². The van der Waals surface area contributed by atoms with E-state index in [0.29, 0.717) is 0 Å². The van der Waals surface area contributed by atoms with Gasteiger partial charge in [-0.25, -0.2) is 4.79 Å². The first kappa shape index (κ1) is 19.2. The van der Waals surface area contributed by atoms with Gasteiger partial charge in [0.1, 0.15) is 11.8 Å². The first-order valence-electron chi connectivity index (χ1n) is 8.15. The number of carboxylic acid groups (broad SMARTS) is 1. The maximum Gasteiger partial charge on any atom is 0.326 e. The first-order valence-corrected chi connectivity index (χ1v) is 8.15. The van der Waals surface area contributed by atoms with Crippen LogP contribution in [0.3, 0.4) is 0 Å². The average Bonchev–Trinajstić information content (AvgIpc) is 2.56. The highest BCUT2D eigenvalue weighted by Crippen LogP contribution is 2.17. The van der Waals surface area contributed by atoms with E-state index in [0.717, 1.165) is 16.7 Å². The number of hydrogen-bond acceptors (Lipinski definition) is 4. The number of aliphatic carboxylic acids is 1. The Balaban J connectivity index is 2.18. The molecule has 1 amide bonds. The van der Waals surface area contributed by atoms with Crippen molar-refractivity contribution in [2.45, 2.75) is 33.2 Å². The lowest BCUT2D eigenvalue weighted by molar-refractivity contribution is -0.139. The smallest absolute Gasteiger partial charge is 0.326 e. The normalized spacial score (nSPS) is 11.5. The van der Waals surface area contributed by atoms with Gasteiger partial charge in [-0.15, -0.1) is 0 Å². The van der Waals surface area contributed by atoms with Gasteiger partial charge in [-0.2, -0.15) is 0 Å². The summed E-state index contributed by atoms with van der Waals surface area (Å²) in [6.07, 6.45) is 0.184. The van der Waals surface area contributed by atoms with Crippen molar-refractivity contribution in [2.75, 3.05) is 0 Å². The van der Waals surface area contributed by atoms with E-state index in [9.17, 15) is 19.5 Å². The largest absolute Gasteiger partial charge is 0.480 e. The number of esters is 1. The molecule has 0 spiro atoms. The predicted molar refractivity (Wildman–Crippen MR) is 96.3 cm³/mol. The molecule has 0 fully saturated rings. The van der Waals surface area contributed by atoms with E-state index in [1.807, 2.05) is 32.0 Å². The summed E-state index contributed by atoms with van der Waals surface area (Å²) >= 11 is 0. The number of nitrogens with one attached hydrogen (secondary N) is 1. The third-order valence-corrected chi connectivity index (χ3v) is 4.01. The highest BCUT2D eigenvalue weighted by molar-refractivity contribution is 5.97. The van der Waals surface area contributed by atoms with E-state index in [2.05, 4.69) is 5.32 Å². The molecule has 0 aliphatic rings. The molecule has 0 aliphatic carbocycles. The van der Waals surface area contributed by atoms with Crippen LogP contribution in [0.2, 0.25) is 0 Å². The maximum atomic E-state index is 12.4. The number of rotatable bonds is 6. The number of carbonyl (C=O) groups excluding carboxylic acids is 2. The third kappa shape index (κ3) is 4.92. The van der Waals surface area contributed by atoms with Gasteiger partial charge < -0.3 is 15.2 Å². The number of amides is 1. The second kappa shape index (κ2) is 8.29. The maximum absolute atomic E-state index is 12.4. The fourth-order valence-electron chi connectivity index (χ4n) is 2.68. The molecule has 0 aromatic heterocycles. The van der Waals surface area contributed by atoms with E-state index in [-0.39, 0.29) is 17.7 Å². The lowest BCUT2D eigenvalue weighted by atomic mass is 9.96. The number of carboxylic acids is 1. The number of carbonyl (C=O) groups is 3. The Labute approximate surface area is 151 Å². The highest BCUT2D eigenvalue weighted by atomic mass is 16.5. The van der Waals surface area contributed by atoms with Gasteiger partial charge in [0.25, 0.3) is 5.91 Å². The van der Waals surface area contributed by atoms with Crippen molar-refractivity contribution < 1.29 is 24.2 Å². The van der Waals surface area contributed by atoms with Crippen molar-refractivity contribution in [3.05, 3.63) is 64.7 Å². The summed E-state index contributed by atoms with van der Waals surface area (Å²) < 4.78 is 4.95. The predicted octanol–water partition coefficient (Wildman–Crippen LogP) is 2.65. The zero-order valence-corrected chi connectivity index (χ0v) is 14.9. The fourth-order valence-corrected chi connectivity index (χ4v) is 2.68. The molecule has 0 aliphatic heterocycles. The molecule has 0 saturated carbocycles. The molecule has 1 atom stereocenters. The summed E-state index contributed by atoms with van der Waals surface area (Å²) in [4.78, 5) is 35.1. The number of aryl methyl sites for hydroxylation is 2. The van der Waals surface area contributed by atoms with Crippen LogP contribution in [0, 0.1) is 13.8 Å². The molecule has 2 N–H and O–H groups in total. The molecular formula is C20H21NO5. The SMILES string of the molecule is CC(=O)Oc1cccc(C(=O)N[C@H](Cc2c(C)cccc2C)C(=O)O)c1. The van der Waals surface area contributed by atoms with Gasteiger partial charge >= 0.3 is 11.9 Å².